The number of halogens is 1. The Balaban J connectivity index is 2.04. The maximum Gasteiger partial charge on any atom is 0.141 e. The van der Waals surface area contributed by atoms with Crippen molar-refractivity contribution >= 4 is 5.82 Å². The van der Waals surface area contributed by atoms with Crippen LogP contribution in [0.1, 0.15) is 19.3 Å². The number of pyridine rings is 1. The molecule has 1 saturated heterocycles. The molecule has 0 amide bonds. The molecule has 1 fully saturated rings. The maximum absolute atomic E-state index is 12.8. The van der Waals surface area contributed by atoms with Gasteiger partial charge in [0.05, 0.1) is 6.20 Å². The molecule has 0 spiro atoms. The lowest BCUT2D eigenvalue weighted by atomic mass is 10.1. The fourth-order valence-corrected chi connectivity index (χ4v) is 2.15. The van der Waals surface area contributed by atoms with Crippen molar-refractivity contribution < 1.29 is 4.39 Å². The van der Waals surface area contributed by atoms with E-state index in [1.54, 1.807) is 6.07 Å². The zero-order valence-corrected chi connectivity index (χ0v) is 9.62. The highest BCUT2D eigenvalue weighted by molar-refractivity contribution is 5.38. The van der Waals surface area contributed by atoms with E-state index >= 15 is 0 Å². The molecule has 0 saturated carbocycles. The average molecular weight is 223 g/mol. The van der Waals surface area contributed by atoms with Gasteiger partial charge in [-0.1, -0.05) is 0 Å². The first-order valence-electron chi connectivity index (χ1n) is 5.82. The number of rotatable bonds is 2. The van der Waals surface area contributed by atoms with Crippen molar-refractivity contribution in [3.05, 3.63) is 24.1 Å². The first-order valence-corrected chi connectivity index (χ1v) is 5.82. The molecule has 1 N–H and O–H groups in total. The molecule has 1 atom stereocenters. The van der Waals surface area contributed by atoms with Gasteiger partial charge in [0.15, 0.2) is 0 Å². The van der Waals surface area contributed by atoms with E-state index in [1.165, 1.54) is 25.1 Å². The highest BCUT2D eigenvalue weighted by Gasteiger charge is 2.17. The van der Waals surface area contributed by atoms with Crippen molar-refractivity contribution in [2.75, 3.05) is 25.0 Å². The molecule has 0 aliphatic carbocycles. The normalized spacial score (nSPS) is 21.5. The predicted octanol–water partition coefficient (Wildman–Crippen LogP) is 1.80. The van der Waals surface area contributed by atoms with Crippen LogP contribution in [0.25, 0.3) is 0 Å². The van der Waals surface area contributed by atoms with Crippen LogP contribution < -0.4 is 10.2 Å². The third-order valence-corrected chi connectivity index (χ3v) is 3.17. The van der Waals surface area contributed by atoms with Crippen molar-refractivity contribution in [3.8, 4) is 0 Å². The van der Waals surface area contributed by atoms with Crippen molar-refractivity contribution in [2.24, 2.45) is 0 Å². The number of nitrogens with one attached hydrogen (secondary N) is 1. The molecule has 1 unspecified atom stereocenters. The van der Waals surface area contributed by atoms with E-state index in [9.17, 15) is 4.39 Å². The van der Waals surface area contributed by atoms with E-state index in [4.69, 9.17) is 0 Å². The Labute approximate surface area is 95.7 Å². The van der Waals surface area contributed by atoms with Crippen molar-refractivity contribution in [3.63, 3.8) is 0 Å². The second-order valence-corrected chi connectivity index (χ2v) is 4.28. The number of nitrogens with zero attached hydrogens (tertiary/aromatic N) is 2. The van der Waals surface area contributed by atoms with Gasteiger partial charge in [-0.05, 0) is 44.5 Å². The van der Waals surface area contributed by atoms with Gasteiger partial charge in [0.25, 0.3) is 0 Å². The van der Waals surface area contributed by atoms with Gasteiger partial charge >= 0.3 is 0 Å². The van der Waals surface area contributed by atoms with Gasteiger partial charge in [-0.15, -0.1) is 0 Å². The van der Waals surface area contributed by atoms with Gasteiger partial charge in [0, 0.05) is 13.1 Å². The van der Waals surface area contributed by atoms with Crippen molar-refractivity contribution in [1.29, 1.82) is 0 Å². The third kappa shape index (κ3) is 2.70. The van der Waals surface area contributed by atoms with Gasteiger partial charge in [-0.3, -0.25) is 0 Å². The van der Waals surface area contributed by atoms with Gasteiger partial charge in [0.2, 0.25) is 0 Å². The summed E-state index contributed by atoms with van der Waals surface area (Å²) < 4.78 is 12.8. The van der Waals surface area contributed by atoms with E-state index in [-0.39, 0.29) is 5.82 Å². The number of hydrogen-bond acceptors (Lipinski definition) is 3. The monoisotopic (exact) mass is 223 g/mol. The molecule has 1 aliphatic heterocycles. The van der Waals surface area contributed by atoms with E-state index in [1.807, 2.05) is 7.05 Å². The highest BCUT2D eigenvalue weighted by Crippen LogP contribution is 2.18. The van der Waals surface area contributed by atoms with Crippen LogP contribution in [0.15, 0.2) is 18.3 Å². The van der Waals surface area contributed by atoms with E-state index in [0.717, 1.165) is 25.3 Å². The molecule has 0 aromatic carbocycles. The van der Waals surface area contributed by atoms with Crippen LogP contribution in [0.4, 0.5) is 10.2 Å². The fraction of sp³-hybridized carbons (Fsp3) is 0.583. The van der Waals surface area contributed by atoms with Crippen LogP contribution >= 0.6 is 0 Å². The zero-order chi connectivity index (χ0) is 11.4. The molecule has 1 aromatic heterocycles. The highest BCUT2D eigenvalue weighted by atomic mass is 19.1. The largest absolute Gasteiger partial charge is 0.357 e. The second-order valence-electron chi connectivity index (χ2n) is 4.28. The summed E-state index contributed by atoms with van der Waals surface area (Å²) in [6.45, 7) is 2.15. The third-order valence-electron chi connectivity index (χ3n) is 3.17. The van der Waals surface area contributed by atoms with Crippen LogP contribution in [0.2, 0.25) is 0 Å². The molecule has 4 heteroatoms. The van der Waals surface area contributed by atoms with Crippen LogP contribution in [-0.4, -0.2) is 31.2 Å². The van der Waals surface area contributed by atoms with Crippen LogP contribution in [0.5, 0.6) is 0 Å². The Morgan fingerprint density at radius 2 is 2.25 bits per heavy atom. The summed E-state index contributed by atoms with van der Waals surface area (Å²) >= 11 is 0. The molecule has 0 radical (unpaired) electrons. The second kappa shape index (κ2) is 5.25. The topological polar surface area (TPSA) is 28.2 Å². The lowest BCUT2D eigenvalue weighted by molar-refractivity contribution is 0.560. The molecule has 2 rings (SSSR count). The molecular weight excluding hydrogens is 205 g/mol. The zero-order valence-electron chi connectivity index (χ0n) is 9.62. The first-order chi connectivity index (χ1) is 7.77. The Morgan fingerprint density at radius 3 is 3.00 bits per heavy atom. The first kappa shape index (κ1) is 11.3. The van der Waals surface area contributed by atoms with Gasteiger partial charge in [-0.2, -0.15) is 0 Å². The summed E-state index contributed by atoms with van der Waals surface area (Å²) in [4.78, 5) is 6.27. The molecule has 2 heterocycles. The summed E-state index contributed by atoms with van der Waals surface area (Å²) in [5.74, 6) is 0.577. The minimum absolute atomic E-state index is 0.278. The van der Waals surface area contributed by atoms with Gasteiger partial charge < -0.3 is 10.2 Å². The molecule has 1 aromatic rings. The Hall–Kier alpha value is -1.16. The Bertz CT molecular complexity index is 318. The lowest BCUT2D eigenvalue weighted by Gasteiger charge is -2.27. The summed E-state index contributed by atoms with van der Waals surface area (Å²) in [5.41, 5.74) is 0. The van der Waals surface area contributed by atoms with Gasteiger partial charge in [-0.25, -0.2) is 9.37 Å². The van der Waals surface area contributed by atoms with E-state index in [0.29, 0.717) is 6.04 Å². The average Bonchev–Trinajstić information content (AvgIpc) is 2.57. The van der Waals surface area contributed by atoms with Crippen LogP contribution in [0.3, 0.4) is 0 Å². The number of anilines is 1. The molecule has 3 nitrogen and oxygen atoms in total. The van der Waals surface area contributed by atoms with Crippen molar-refractivity contribution in [2.45, 2.75) is 25.3 Å². The summed E-state index contributed by atoms with van der Waals surface area (Å²) in [6, 6.07) is 3.72. The molecule has 1 aliphatic rings. The summed E-state index contributed by atoms with van der Waals surface area (Å²) in [5, 5.41) is 3.39. The van der Waals surface area contributed by atoms with E-state index < -0.39 is 0 Å². The Morgan fingerprint density at radius 1 is 1.38 bits per heavy atom. The molecule has 16 heavy (non-hydrogen) atoms. The quantitative estimate of drug-likeness (QED) is 0.828. The minimum Gasteiger partial charge on any atom is -0.357 e. The standard InChI is InChI=1S/C12H18FN3/c1-16(11-3-2-7-14-8-6-11)12-5-4-10(13)9-15-12/h4-5,9,11,14H,2-3,6-8H2,1H3. The summed E-state index contributed by atoms with van der Waals surface area (Å²) in [7, 11) is 2.04. The van der Waals surface area contributed by atoms with Crippen LogP contribution in [0, 0.1) is 5.82 Å². The number of hydrogen-bond donors (Lipinski definition) is 1. The maximum atomic E-state index is 12.8. The lowest BCUT2D eigenvalue weighted by Crippen LogP contribution is -2.32. The van der Waals surface area contributed by atoms with Crippen molar-refractivity contribution in [1.82, 2.24) is 10.3 Å². The minimum atomic E-state index is -0.278. The molecular formula is C12H18FN3. The SMILES string of the molecule is CN(c1ccc(F)cn1)C1CCCNCC1. The van der Waals surface area contributed by atoms with E-state index in [2.05, 4.69) is 15.2 Å². The molecule has 0 bridgehead atoms. The smallest absolute Gasteiger partial charge is 0.141 e. The summed E-state index contributed by atoms with van der Waals surface area (Å²) in [6.07, 6.45) is 4.76. The number of aromatic nitrogens is 1. The predicted molar refractivity (Wildman–Crippen MR) is 63.1 cm³/mol. The van der Waals surface area contributed by atoms with Gasteiger partial charge in [0.1, 0.15) is 11.6 Å². The Kier molecular flexibility index (Phi) is 3.72. The molecule has 88 valence electrons. The van der Waals surface area contributed by atoms with Crippen LogP contribution in [-0.2, 0) is 0 Å². The fourth-order valence-electron chi connectivity index (χ4n) is 2.15.